The zero-order valence-corrected chi connectivity index (χ0v) is 15.3. The number of aliphatic hydroxyl groups excluding tert-OH is 1. The van der Waals surface area contributed by atoms with Crippen LogP contribution in [0.4, 0.5) is 4.79 Å². The van der Waals surface area contributed by atoms with Gasteiger partial charge in [0.15, 0.2) is 0 Å². The summed E-state index contributed by atoms with van der Waals surface area (Å²) >= 11 is 1.75. The second kappa shape index (κ2) is 8.85. The zero-order chi connectivity index (χ0) is 17.5. The number of nitrogens with one attached hydrogen (secondary N) is 2. The molecule has 130 valence electrons. The molecule has 0 aliphatic heterocycles. The van der Waals surface area contributed by atoms with Crippen LogP contribution >= 0.6 is 11.3 Å². The lowest BCUT2D eigenvalue weighted by molar-refractivity contribution is 0.230. The summed E-state index contributed by atoms with van der Waals surface area (Å²) < 4.78 is 0. The van der Waals surface area contributed by atoms with E-state index in [1.807, 2.05) is 37.3 Å². The summed E-state index contributed by atoms with van der Waals surface area (Å²) in [5.41, 5.74) is 2.22. The van der Waals surface area contributed by atoms with Gasteiger partial charge in [-0.05, 0) is 50.8 Å². The molecule has 2 aromatic rings. The molecular formula is C19H26N2O2S. The van der Waals surface area contributed by atoms with Crippen LogP contribution in [0.1, 0.15) is 52.7 Å². The van der Waals surface area contributed by atoms with Crippen LogP contribution < -0.4 is 10.6 Å². The Balaban J connectivity index is 2.00. The van der Waals surface area contributed by atoms with Crippen molar-refractivity contribution < 1.29 is 9.90 Å². The summed E-state index contributed by atoms with van der Waals surface area (Å²) in [6, 6.07) is 11.7. The third-order valence-corrected chi connectivity index (χ3v) is 5.03. The average molecular weight is 346 g/mol. The normalized spacial score (nSPS) is 13.3. The minimum absolute atomic E-state index is 0.0378. The van der Waals surface area contributed by atoms with Gasteiger partial charge in [0.05, 0.1) is 12.1 Å². The van der Waals surface area contributed by atoms with Gasteiger partial charge in [0, 0.05) is 16.4 Å². The van der Waals surface area contributed by atoms with Crippen molar-refractivity contribution in [1.82, 2.24) is 10.6 Å². The third-order valence-electron chi connectivity index (χ3n) is 4.05. The zero-order valence-electron chi connectivity index (χ0n) is 14.5. The van der Waals surface area contributed by atoms with Gasteiger partial charge >= 0.3 is 6.03 Å². The number of urea groups is 1. The van der Waals surface area contributed by atoms with Gasteiger partial charge in [-0.1, -0.05) is 30.3 Å². The van der Waals surface area contributed by atoms with E-state index in [1.165, 1.54) is 15.3 Å². The van der Waals surface area contributed by atoms with Gasteiger partial charge in [-0.15, -0.1) is 11.3 Å². The maximum Gasteiger partial charge on any atom is 0.315 e. The van der Waals surface area contributed by atoms with Gasteiger partial charge in [0.25, 0.3) is 0 Å². The van der Waals surface area contributed by atoms with Gasteiger partial charge in [-0.25, -0.2) is 4.79 Å². The highest BCUT2D eigenvalue weighted by atomic mass is 32.1. The Morgan fingerprint density at radius 1 is 1.21 bits per heavy atom. The van der Waals surface area contributed by atoms with Crippen molar-refractivity contribution >= 4 is 17.4 Å². The molecule has 1 aromatic carbocycles. The highest BCUT2D eigenvalue weighted by Gasteiger charge is 2.17. The molecule has 0 bridgehead atoms. The van der Waals surface area contributed by atoms with E-state index >= 15 is 0 Å². The van der Waals surface area contributed by atoms with E-state index in [0.29, 0.717) is 12.8 Å². The fourth-order valence-corrected chi connectivity index (χ4v) is 3.88. The van der Waals surface area contributed by atoms with Crippen LogP contribution in [0.5, 0.6) is 0 Å². The Kier molecular flexibility index (Phi) is 6.82. The molecule has 0 saturated heterocycles. The van der Waals surface area contributed by atoms with Crippen molar-refractivity contribution in [3.05, 3.63) is 57.3 Å². The van der Waals surface area contributed by atoms with Crippen LogP contribution in [-0.4, -0.2) is 17.7 Å². The predicted octanol–water partition coefficient (Wildman–Crippen LogP) is 4.24. The van der Waals surface area contributed by atoms with Gasteiger partial charge in [0.2, 0.25) is 0 Å². The molecule has 0 radical (unpaired) electrons. The van der Waals surface area contributed by atoms with Crippen LogP contribution in [0.3, 0.4) is 0 Å². The lowest BCUT2D eigenvalue weighted by atomic mass is 10.0. The van der Waals surface area contributed by atoms with Gasteiger partial charge in [-0.3, -0.25) is 0 Å². The number of hydrogen-bond acceptors (Lipinski definition) is 3. The second-order valence-electron chi connectivity index (χ2n) is 6.04. The van der Waals surface area contributed by atoms with Crippen molar-refractivity contribution in [3.8, 4) is 0 Å². The molecule has 4 nitrogen and oxygen atoms in total. The molecule has 0 fully saturated rings. The third kappa shape index (κ3) is 5.08. The summed E-state index contributed by atoms with van der Waals surface area (Å²) in [5, 5.41) is 15.2. The molecule has 1 heterocycles. The topological polar surface area (TPSA) is 61.4 Å². The number of amides is 2. The Bertz CT molecular complexity index is 655. The number of hydrogen-bond donors (Lipinski definition) is 3. The first-order valence-corrected chi connectivity index (χ1v) is 9.12. The quantitative estimate of drug-likeness (QED) is 0.702. The van der Waals surface area contributed by atoms with E-state index in [-0.39, 0.29) is 24.7 Å². The Morgan fingerprint density at radius 2 is 1.92 bits per heavy atom. The van der Waals surface area contributed by atoms with E-state index in [0.717, 1.165) is 5.56 Å². The Labute approximate surface area is 147 Å². The lowest BCUT2D eigenvalue weighted by Crippen LogP contribution is -2.39. The largest absolute Gasteiger partial charge is 0.396 e. The number of benzene rings is 1. The van der Waals surface area contributed by atoms with Crippen LogP contribution in [-0.2, 0) is 0 Å². The van der Waals surface area contributed by atoms with Gasteiger partial charge < -0.3 is 15.7 Å². The van der Waals surface area contributed by atoms with E-state index in [4.69, 9.17) is 5.11 Å². The second-order valence-corrected chi connectivity index (χ2v) is 7.50. The Morgan fingerprint density at radius 3 is 2.50 bits per heavy atom. The first-order valence-electron chi connectivity index (χ1n) is 8.31. The number of carbonyl (C=O) groups is 1. The van der Waals surface area contributed by atoms with Crippen molar-refractivity contribution in [3.63, 3.8) is 0 Å². The smallest absolute Gasteiger partial charge is 0.315 e. The molecule has 2 amide bonds. The lowest BCUT2D eigenvalue weighted by Gasteiger charge is -2.21. The highest BCUT2D eigenvalue weighted by Crippen LogP contribution is 2.26. The van der Waals surface area contributed by atoms with Gasteiger partial charge in [-0.2, -0.15) is 0 Å². The molecule has 0 aliphatic carbocycles. The summed E-state index contributed by atoms with van der Waals surface area (Å²) in [6.45, 7) is 6.28. The maximum atomic E-state index is 12.4. The average Bonchev–Trinajstić information content (AvgIpc) is 2.90. The molecule has 2 rings (SSSR count). The molecule has 0 aliphatic rings. The molecule has 2 atom stereocenters. The number of aliphatic hydroxyl groups is 1. The summed E-state index contributed by atoms with van der Waals surface area (Å²) in [7, 11) is 0. The molecule has 3 N–H and O–H groups in total. The first kappa shape index (κ1) is 18.5. The molecular weight excluding hydrogens is 320 g/mol. The minimum atomic E-state index is -0.183. The number of aryl methyl sites for hydroxylation is 2. The fraction of sp³-hybridized carbons (Fsp3) is 0.421. The molecule has 2 unspecified atom stereocenters. The number of thiophene rings is 1. The molecule has 0 saturated carbocycles. The van der Waals surface area contributed by atoms with Crippen LogP contribution in [0.15, 0.2) is 36.4 Å². The van der Waals surface area contributed by atoms with E-state index < -0.39 is 0 Å². The number of carbonyl (C=O) groups excluding carboxylic acids is 1. The van der Waals surface area contributed by atoms with Crippen LogP contribution in [0.2, 0.25) is 0 Å². The number of rotatable bonds is 7. The molecule has 24 heavy (non-hydrogen) atoms. The van der Waals surface area contributed by atoms with Crippen LogP contribution in [0.25, 0.3) is 0 Å². The van der Waals surface area contributed by atoms with Crippen molar-refractivity contribution in [2.75, 3.05) is 6.61 Å². The summed E-state index contributed by atoms with van der Waals surface area (Å²) in [5.74, 6) is 0. The summed E-state index contributed by atoms with van der Waals surface area (Å²) in [4.78, 5) is 14.9. The van der Waals surface area contributed by atoms with Gasteiger partial charge in [0.1, 0.15) is 0 Å². The monoisotopic (exact) mass is 346 g/mol. The molecule has 0 spiro atoms. The van der Waals surface area contributed by atoms with Crippen molar-refractivity contribution in [1.29, 1.82) is 0 Å². The SMILES string of the molecule is Cc1cc(C(C)NC(=O)NC(CCCO)c2ccccc2)c(C)s1. The van der Waals surface area contributed by atoms with E-state index in [2.05, 4.69) is 30.5 Å². The minimum Gasteiger partial charge on any atom is -0.396 e. The highest BCUT2D eigenvalue weighted by molar-refractivity contribution is 7.12. The first-order chi connectivity index (χ1) is 11.5. The summed E-state index contributed by atoms with van der Waals surface area (Å²) in [6.07, 6.45) is 1.36. The maximum absolute atomic E-state index is 12.4. The van der Waals surface area contributed by atoms with E-state index in [1.54, 1.807) is 11.3 Å². The van der Waals surface area contributed by atoms with Crippen molar-refractivity contribution in [2.24, 2.45) is 0 Å². The molecule has 1 aromatic heterocycles. The van der Waals surface area contributed by atoms with E-state index in [9.17, 15) is 4.79 Å². The standard InChI is InChI=1S/C19H26N2O2S/c1-13-12-17(15(3)24-13)14(2)20-19(23)21-18(10-7-11-22)16-8-5-4-6-9-16/h4-6,8-9,12,14,18,22H,7,10-11H2,1-3H3,(H2,20,21,23). The van der Waals surface area contributed by atoms with Crippen molar-refractivity contribution in [2.45, 2.75) is 45.7 Å². The van der Waals surface area contributed by atoms with Crippen LogP contribution in [0, 0.1) is 13.8 Å². The Hall–Kier alpha value is -1.85. The predicted molar refractivity (Wildman–Crippen MR) is 99.4 cm³/mol. The molecule has 5 heteroatoms. The fourth-order valence-electron chi connectivity index (χ4n) is 2.86.